The van der Waals surface area contributed by atoms with Crippen molar-refractivity contribution in [2.24, 2.45) is 11.7 Å². The minimum Gasteiger partial charge on any atom is -0.493 e. The highest BCUT2D eigenvalue weighted by Crippen LogP contribution is 2.35. The second kappa shape index (κ2) is 7.71. The van der Waals surface area contributed by atoms with Crippen LogP contribution >= 0.6 is 0 Å². The van der Waals surface area contributed by atoms with Crippen molar-refractivity contribution >= 4 is 12.0 Å². The van der Waals surface area contributed by atoms with Crippen molar-refractivity contribution in [1.29, 1.82) is 0 Å². The fourth-order valence-electron chi connectivity index (χ4n) is 3.64. The molecule has 1 aliphatic carbocycles. The quantitative estimate of drug-likeness (QED) is 0.870. The summed E-state index contributed by atoms with van der Waals surface area (Å²) in [5, 5.41) is 3.12. The zero-order valence-corrected chi connectivity index (χ0v) is 14.2. The third-order valence-electron chi connectivity index (χ3n) is 5.01. The van der Waals surface area contributed by atoms with Gasteiger partial charge in [-0.1, -0.05) is 31.4 Å². The first-order valence-corrected chi connectivity index (χ1v) is 8.74. The van der Waals surface area contributed by atoms with Gasteiger partial charge in [-0.05, 0) is 30.9 Å². The largest absolute Gasteiger partial charge is 0.493 e. The number of carbonyl (C=O) groups is 1. The molecule has 24 heavy (non-hydrogen) atoms. The summed E-state index contributed by atoms with van der Waals surface area (Å²) in [6.07, 6.45) is 7.94. The molecule has 3 N–H and O–H groups in total. The highest BCUT2D eigenvalue weighted by atomic mass is 16.5. The highest BCUT2D eigenvalue weighted by Gasteiger charge is 2.26. The van der Waals surface area contributed by atoms with Crippen LogP contribution in [0.2, 0.25) is 0 Å². The summed E-state index contributed by atoms with van der Waals surface area (Å²) in [6, 6.07) is 5.71. The molecule has 1 aromatic rings. The van der Waals surface area contributed by atoms with Crippen LogP contribution in [0.15, 0.2) is 23.8 Å². The SMILES string of the molecule is COc1cccc2c1OCC(C(=O)NC(CN)C1CCCCC1)=C2. The van der Waals surface area contributed by atoms with Gasteiger partial charge in [0.1, 0.15) is 6.61 Å². The lowest BCUT2D eigenvalue weighted by Crippen LogP contribution is -2.47. The second-order valence-electron chi connectivity index (χ2n) is 6.55. The number of amides is 1. The van der Waals surface area contributed by atoms with Crippen LogP contribution in [0.25, 0.3) is 6.08 Å². The van der Waals surface area contributed by atoms with E-state index < -0.39 is 0 Å². The van der Waals surface area contributed by atoms with Crippen molar-refractivity contribution in [2.45, 2.75) is 38.1 Å². The van der Waals surface area contributed by atoms with Crippen LogP contribution < -0.4 is 20.5 Å². The number of methoxy groups -OCH3 is 1. The van der Waals surface area contributed by atoms with Crippen molar-refractivity contribution in [1.82, 2.24) is 5.32 Å². The predicted octanol–water partition coefficient (Wildman–Crippen LogP) is 2.49. The van der Waals surface area contributed by atoms with Crippen LogP contribution in [-0.4, -0.2) is 32.2 Å². The first kappa shape index (κ1) is 16.8. The van der Waals surface area contributed by atoms with E-state index in [1.165, 1.54) is 19.3 Å². The van der Waals surface area contributed by atoms with Gasteiger partial charge in [0.25, 0.3) is 5.91 Å². The molecule has 5 heteroatoms. The van der Waals surface area contributed by atoms with E-state index in [0.29, 0.717) is 29.5 Å². The monoisotopic (exact) mass is 330 g/mol. The molecule has 130 valence electrons. The van der Waals surface area contributed by atoms with Gasteiger partial charge < -0.3 is 20.5 Å². The maximum atomic E-state index is 12.6. The maximum absolute atomic E-state index is 12.6. The summed E-state index contributed by atoms with van der Waals surface area (Å²) < 4.78 is 11.1. The van der Waals surface area contributed by atoms with Crippen LogP contribution in [0.1, 0.15) is 37.7 Å². The zero-order valence-electron chi connectivity index (χ0n) is 14.2. The fraction of sp³-hybridized carbons (Fsp3) is 0.526. The van der Waals surface area contributed by atoms with Crippen molar-refractivity contribution in [3.8, 4) is 11.5 Å². The zero-order chi connectivity index (χ0) is 16.9. The molecule has 0 spiro atoms. The van der Waals surface area contributed by atoms with E-state index in [1.54, 1.807) is 7.11 Å². The van der Waals surface area contributed by atoms with Crippen LogP contribution in [0.3, 0.4) is 0 Å². The molecule has 1 aromatic carbocycles. The lowest BCUT2D eigenvalue weighted by molar-refractivity contribution is -0.118. The first-order valence-electron chi connectivity index (χ1n) is 8.74. The van der Waals surface area contributed by atoms with Crippen LogP contribution in [0.4, 0.5) is 0 Å². The average molecular weight is 330 g/mol. The van der Waals surface area contributed by atoms with E-state index in [9.17, 15) is 4.79 Å². The van der Waals surface area contributed by atoms with E-state index in [0.717, 1.165) is 18.4 Å². The summed E-state index contributed by atoms with van der Waals surface area (Å²) in [5.74, 6) is 1.79. The molecule has 1 amide bonds. The third kappa shape index (κ3) is 3.56. The number of hydrogen-bond acceptors (Lipinski definition) is 4. The number of fused-ring (bicyclic) bond motifs is 1. The van der Waals surface area contributed by atoms with E-state index in [1.807, 2.05) is 24.3 Å². The normalized spacial score (nSPS) is 18.8. The summed E-state index contributed by atoms with van der Waals surface area (Å²) in [7, 11) is 1.61. The predicted molar refractivity (Wildman–Crippen MR) is 94.0 cm³/mol. The van der Waals surface area contributed by atoms with Gasteiger partial charge in [0.2, 0.25) is 0 Å². The molecule has 3 rings (SSSR count). The van der Waals surface area contributed by atoms with E-state index in [2.05, 4.69) is 5.32 Å². The number of para-hydroxylation sites is 1. The lowest BCUT2D eigenvalue weighted by atomic mass is 9.84. The Morgan fingerprint density at radius 2 is 2.17 bits per heavy atom. The van der Waals surface area contributed by atoms with Crippen LogP contribution in [-0.2, 0) is 4.79 Å². The summed E-state index contributed by atoms with van der Waals surface area (Å²) in [6.45, 7) is 0.732. The Hall–Kier alpha value is -2.01. The Morgan fingerprint density at radius 3 is 2.88 bits per heavy atom. The molecular formula is C19H26N2O3. The van der Waals surface area contributed by atoms with Crippen molar-refractivity contribution in [2.75, 3.05) is 20.3 Å². The van der Waals surface area contributed by atoms with Crippen LogP contribution in [0.5, 0.6) is 11.5 Å². The van der Waals surface area contributed by atoms with Gasteiger partial charge in [0.05, 0.1) is 12.7 Å². The molecular weight excluding hydrogens is 304 g/mol. The Bertz CT molecular complexity index is 621. The molecule has 0 saturated heterocycles. The fourth-order valence-corrected chi connectivity index (χ4v) is 3.64. The second-order valence-corrected chi connectivity index (χ2v) is 6.55. The number of ether oxygens (including phenoxy) is 2. The van der Waals surface area contributed by atoms with Crippen molar-refractivity contribution in [3.05, 3.63) is 29.3 Å². The Labute approximate surface area is 143 Å². The number of rotatable bonds is 5. The topological polar surface area (TPSA) is 73.6 Å². The molecule has 2 aliphatic rings. The molecule has 1 heterocycles. The smallest absolute Gasteiger partial charge is 0.250 e. The van der Waals surface area contributed by atoms with E-state index >= 15 is 0 Å². The number of nitrogens with one attached hydrogen (secondary N) is 1. The van der Waals surface area contributed by atoms with Gasteiger partial charge in [0.15, 0.2) is 11.5 Å². The molecule has 1 unspecified atom stereocenters. The van der Waals surface area contributed by atoms with Gasteiger partial charge in [0, 0.05) is 18.2 Å². The molecule has 1 saturated carbocycles. The first-order chi connectivity index (χ1) is 11.7. The van der Waals surface area contributed by atoms with Crippen LogP contribution in [0, 0.1) is 5.92 Å². The van der Waals surface area contributed by atoms with Gasteiger partial charge in [-0.25, -0.2) is 0 Å². The van der Waals surface area contributed by atoms with Gasteiger partial charge in [-0.15, -0.1) is 0 Å². The molecule has 5 nitrogen and oxygen atoms in total. The molecule has 0 radical (unpaired) electrons. The van der Waals surface area contributed by atoms with Crippen molar-refractivity contribution in [3.63, 3.8) is 0 Å². The number of nitrogens with two attached hydrogens (primary N) is 1. The summed E-state index contributed by atoms with van der Waals surface area (Å²) in [5.41, 5.74) is 7.41. The number of hydrogen-bond donors (Lipinski definition) is 2. The Kier molecular flexibility index (Phi) is 5.41. The van der Waals surface area contributed by atoms with Crippen molar-refractivity contribution < 1.29 is 14.3 Å². The standard InChI is InChI=1S/C19H26N2O3/c1-23-17-9-5-8-14-10-15(12-24-18(14)17)19(22)21-16(11-20)13-6-3-2-4-7-13/h5,8-10,13,16H,2-4,6-7,11-12,20H2,1H3,(H,21,22). The minimum atomic E-state index is -0.0792. The average Bonchev–Trinajstić information content (AvgIpc) is 2.65. The number of benzene rings is 1. The maximum Gasteiger partial charge on any atom is 0.250 e. The van der Waals surface area contributed by atoms with E-state index in [4.69, 9.17) is 15.2 Å². The van der Waals surface area contributed by atoms with Gasteiger partial charge >= 0.3 is 0 Å². The molecule has 0 aromatic heterocycles. The molecule has 1 atom stereocenters. The van der Waals surface area contributed by atoms with Gasteiger partial charge in [-0.3, -0.25) is 4.79 Å². The summed E-state index contributed by atoms with van der Waals surface area (Å²) in [4.78, 5) is 12.6. The highest BCUT2D eigenvalue weighted by molar-refractivity contribution is 5.99. The third-order valence-corrected chi connectivity index (χ3v) is 5.01. The molecule has 1 aliphatic heterocycles. The molecule has 0 bridgehead atoms. The lowest BCUT2D eigenvalue weighted by Gasteiger charge is -2.30. The van der Waals surface area contributed by atoms with Gasteiger partial charge in [-0.2, -0.15) is 0 Å². The number of carbonyl (C=O) groups excluding carboxylic acids is 1. The summed E-state index contributed by atoms with van der Waals surface area (Å²) >= 11 is 0. The minimum absolute atomic E-state index is 0.0467. The van der Waals surface area contributed by atoms with E-state index in [-0.39, 0.29) is 18.6 Å². The molecule has 1 fully saturated rings. The Balaban J connectivity index is 1.71. The Morgan fingerprint density at radius 1 is 1.38 bits per heavy atom.